The zero-order valence-corrected chi connectivity index (χ0v) is 29.0. The van der Waals surface area contributed by atoms with Gasteiger partial charge in [-0.15, -0.1) is 0 Å². The van der Waals surface area contributed by atoms with Gasteiger partial charge in [-0.3, -0.25) is 0 Å². The molecule has 0 unspecified atom stereocenters. The first-order valence-electron chi connectivity index (χ1n) is 15.5. The summed E-state index contributed by atoms with van der Waals surface area (Å²) in [5, 5.41) is 2.98. The molecular weight excluding hydrogens is 559 g/mol. The van der Waals surface area contributed by atoms with Gasteiger partial charge in [0, 0.05) is 15.9 Å². The molecule has 0 saturated heterocycles. The normalized spacial score (nSPS) is 11.8. The van der Waals surface area contributed by atoms with Crippen LogP contribution in [0.15, 0.2) is 54.6 Å². The Labute approximate surface area is 260 Å². The highest BCUT2D eigenvalue weighted by atomic mass is 31.1. The van der Waals surface area contributed by atoms with Crippen LogP contribution in [0.4, 0.5) is 0 Å². The third-order valence-electron chi connectivity index (χ3n) is 5.75. The monoisotopic (exact) mass is 610 g/mol. The van der Waals surface area contributed by atoms with Crippen LogP contribution in [0.3, 0.4) is 0 Å². The van der Waals surface area contributed by atoms with Crippen molar-refractivity contribution >= 4 is 23.8 Å². The zero-order chi connectivity index (χ0) is 31.8. The van der Waals surface area contributed by atoms with Crippen molar-refractivity contribution in [1.82, 2.24) is 0 Å². The fourth-order valence-electron chi connectivity index (χ4n) is 4.53. The third-order valence-corrected chi connectivity index (χ3v) is 8.25. The lowest BCUT2D eigenvalue weighted by atomic mass is 10.3. The van der Waals surface area contributed by atoms with Gasteiger partial charge in [0.05, 0.1) is 36.6 Å². The molecule has 236 valence electrons. The molecule has 0 N–H and O–H groups in total. The molecule has 0 atom stereocenters. The largest absolute Gasteiger partial charge is 0.487 e. The lowest BCUT2D eigenvalue weighted by Gasteiger charge is -2.30. The van der Waals surface area contributed by atoms with Crippen LogP contribution >= 0.6 is 7.92 Å². The first kappa shape index (κ1) is 34.4. The average Bonchev–Trinajstić information content (AvgIpc) is 2.87. The van der Waals surface area contributed by atoms with Crippen molar-refractivity contribution in [1.29, 1.82) is 0 Å². The molecule has 0 radical (unpaired) electrons. The summed E-state index contributed by atoms with van der Waals surface area (Å²) in [6.07, 6.45) is -0.298. The average molecular weight is 611 g/mol. The van der Waals surface area contributed by atoms with Crippen LogP contribution < -0.4 is 44.3 Å². The van der Waals surface area contributed by atoms with E-state index in [-0.39, 0.29) is 36.6 Å². The number of benzene rings is 3. The minimum Gasteiger partial charge on any atom is -0.487 e. The smallest absolute Gasteiger partial charge is 0.169 e. The third kappa shape index (κ3) is 9.44. The molecule has 43 heavy (non-hydrogen) atoms. The Morgan fingerprint density at radius 1 is 0.349 bits per heavy atom. The van der Waals surface area contributed by atoms with E-state index in [0.29, 0.717) is 34.5 Å². The standard InChI is InChI=1S/C36H51O6P/c1-22(2)37-28-16-13-19-31(34(28)40-25(7)8)43(32-20-14-17-29(38-23(3)4)35(32)41-26(9)10)33-21-15-18-30(39-24(5)6)36(33)42-27(11)12/h13-27H,1-12H3. The van der Waals surface area contributed by atoms with Gasteiger partial charge in [-0.1, -0.05) is 18.2 Å². The van der Waals surface area contributed by atoms with E-state index in [1.807, 2.05) is 119 Å². The van der Waals surface area contributed by atoms with Gasteiger partial charge in [-0.05, 0) is 127 Å². The highest BCUT2D eigenvalue weighted by molar-refractivity contribution is 7.80. The van der Waals surface area contributed by atoms with Gasteiger partial charge in [-0.25, -0.2) is 0 Å². The summed E-state index contributed by atoms with van der Waals surface area (Å²) in [6.45, 7) is 24.4. The Bertz CT molecular complexity index is 1150. The van der Waals surface area contributed by atoms with E-state index in [9.17, 15) is 0 Å². The molecule has 0 fully saturated rings. The van der Waals surface area contributed by atoms with Crippen molar-refractivity contribution < 1.29 is 28.4 Å². The highest BCUT2D eigenvalue weighted by Gasteiger charge is 2.32. The molecular formula is C36H51O6P. The molecule has 0 heterocycles. The molecule has 3 aromatic rings. The molecule has 0 bridgehead atoms. The van der Waals surface area contributed by atoms with Crippen LogP contribution in [0, 0.1) is 0 Å². The van der Waals surface area contributed by atoms with E-state index >= 15 is 0 Å². The second-order valence-corrected chi connectivity index (χ2v) is 14.3. The summed E-state index contributed by atoms with van der Waals surface area (Å²) in [6, 6.07) is 18.4. The van der Waals surface area contributed by atoms with E-state index in [0.717, 1.165) is 15.9 Å². The number of hydrogen-bond donors (Lipinski definition) is 0. The lowest BCUT2D eigenvalue weighted by molar-refractivity contribution is 0.199. The molecule has 0 aliphatic heterocycles. The predicted octanol–water partition coefficient (Wildman–Crippen LogP) is 8.17. The Kier molecular flexibility index (Phi) is 12.4. The van der Waals surface area contributed by atoms with Gasteiger partial charge in [0.15, 0.2) is 34.5 Å². The van der Waals surface area contributed by atoms with Crippen molar-refractivity contribution in [2.45, 2.75) is 120 Å². The second-order valence-electron chi connectivity index (χ2n) is 12.1. The van der Waals surface area contributed by atoms with Crippen LogP contribution in [0.2, 0.25) is 0 Å². The molecule has 0 aliphatic rings. The summed E-state index contributed by atoms with van der Waals surface area (Å²) in [4.78, 5) is 0. The Morgan fingerprint density at radius 2 is 0.581 bits per heavy atom. The highest BCUT2D eigenvalue weighted by Crippen LogP contribution is 2.48. The summed E-state index contributed by atoms with van der Waals surface area (Å²) in [7, 11) is -1.34. The summed E-state index contributed by atoms with van der Waals surface area (Å²) in [5.74, 6) is 4.26. The minimum atomic E-state index is -1.34. The maximum absolute atomic E-state index is 6.58. The van der Waals surface area contributed by atoms with Gasteiger partial charge >= 0.3 is 0 Å². The van der Waals surface area contributed by atoms with E-state index in [4.69, 9.17) is 28.4 Å². The van der Waals surface area contributed by atoms with Crippen LogP contribution in [-0.4, -0.2) is 36.6 Å². The maximum atomic E-state index is 6.58. The van der Waals surface area contributed by atoms with Gasteiger partial charge < -0.3 is 28.4 Å². The van der Waals surface area contributed by atoms with E-state index < -0.39 is 7.92 Å². The number of ether oxygens (including phenoxy) is 6. The van der Waals surface area contributed by atoms with Crippen LogP contribution in [0.5, 0.6) is 34.5 Å². The van der Waals surface area contributed by atoms with Crippen molar-refractivity contribution in [3.05, 3.63) is 54.6 Å². The molecule has 3 aromatic carbocycles. The van der Waals surface area contributed by atoms with Crippen LogP contribution in [-0.2, 0) is 0 Å². The lowest BCUT2D eigenvalue weighted by Crippen LogP contribution is -2.28. The summed E-state index contributed by atoms with van der Waals surface area (Å²) < 4.78 is 38.7. The molecule has 0 aliphatic carbocycles. The minimum absolute atomic E-state index is 0.0267. The number of para-hydroxylation sites is 3. The Hall–Kier alpha value is -3.11. The van der Waals surface area contributed by atoms with Crippen molar-refractivity contribution in [3.8, 4) is 34.5 Å². The first-order chi connectivity index (χ1) is 20.3. The SMILES string of the molecule is CC(C)Oc1cccc(P(c2cccc(OC(C)C)c2OC(C)C)c2cccc(OC(C)C)c2OC(C)C)c1OC(C)C. The van der Waals surface area contributed by atoms with Crippen LogP contribution in [0.25, 0.3) is 0 Å². The molecule has 0 spiro atoms. The van der Waals surface area contributed by atoms with Gasteiger partial charge in [-0.2, -0.15) is 0 Å². The second kappa shape index (κ2) is 15.6. The molecule has 7 heteroatoms. The number of hydrogen-bond acceptors (Lipinski definition) is 6. The Balaban J connectivity index is 2.50. The zero-order valence-electron chi connectivity index (χ0n) is 28.1. The van der Waals surface area contributed by atoms with Crippen molar-refractivity contribution in [2.24, 2.45) is 0 Å². The van der Waals surface area contributed by atoms with Gasteiger partial charge in [0.2, 0.25) is 0 Å². The van der Waals surface area contributed by atoms with E-state index in [1.165, 1.54) is 0 Å². The predicted molar refractivity (Wildman–Crippen MR) is 180 cm³/mol. The van der Waals surface area contributed by atoms with Crippen molar-refractivity contribution in [3.63, 3.8) is 0 Å². The van der Waals surface area contributed by atoms with Crippen molar-refractivity contribution in [2.75, 3.05) is 0 Å². The molecule has 0 aromatic heterocycles. The topological polar surface area (TPSA) is 55.4 Å². The molecule has 6 nitrogen and oxygen atoms in total. The number of rotatable bonds is 15. The fourth-order valence-corrected chi connectivity index (χ4v) is 7.11. The Morgan fingerprint density at radius 3 is 0.791 bits per heavy atom. The molecule has 3 rings (SSSR count). The fraction of sp³-hybridized carbons (Fsp3) is 0.500. The van der Waals surface area contributed by atoms with Gasteiger partial charge in [0.1, 0.15) is 0 Å². The quantitative estimate of drug-likeness (QED) is 0.162. The van der Waals surface area contributed by atoms with E-state index in [1.54, 1.807) is 0 Å². The van der Waals surface area contributed by atoms with E-state index in [2.05, 4.69) is 18.2 Å². The van der Waals surface area contributed by atoms with Crippen LogP contribution in [0.1, 0.15) is 83.1 Å². The molecule has 0 saturated carbocycles. The summed E-state index contributed by atoms with van der Waals surface area (Å²) >= 11 is 0. The summed E-state index contributed by atoms with van der Waals surface area (Å²) in [5.41, 5.74) is 0. The molecule has 0 amide bonds. The first-order valence-corrected chi connectivity index (χ1v) is 16.8. The van der Waals surface area contributed by atoms with Gasteiger partial charge in [0.25, 0.3) is 0 Å². The maximum Gasteiger partial charge on any atom is 0.169 e.